The number of aryl methyl sites for hydroxylation is 2. The van der Waals surface area contributed by atoms with Crippen molar-refractivity contribution in [3.63, 3.8) is 0 Å². The van der Waals surface area contributed by atoms with Gasteiger partial charge in [-0.3, -0.25) is 19.4 Å². The first kappa shape index (κ1) is 21.5. The number of carbonyl (C=O) groups is 1. The molecule has 0 radical (unpaired) electrons. The fraction of sp³-hybridized carbons (Fsp3) is 0.375. The smallest absolute Gasteiger partial charge is 0.304 e. The van der Waals surface area contributed by atoms with Crippen molar-refractivity contribution in [3.05, 3.63) is 47.7 Å². The second kappa shape index (κ2) is 8.42. The maximum Gasteiger partial charge on any atom is 0.304 e. The van der Waals surface area contributed by atoms with Gasteiger partial charge in [-0.05, 0) is 37.8 Å². The van der Waals surface area contributed by atoms with Gasteiger partial charge in [0.15, 0.2) is 0 Å². The first-order valence-electron chi connectivity index (χ1n) is 10.6. The van der Waals surface area contributed by atoms with E-state index in [1.165, 1.54) is 0 Å². The minimum atomic E-state index is -0.803. The van der Waals surface area contributed by atoms with Gasteiger partial charge in [0.2, 0.25) is 0 Å². The molecular formula is C24H26N6O2. The van der Waals surface area contributed by atoms with Gasteiger partial charge in [0.1, 0.15) is 11.6 Å². The highest BCUT2D eigenvalue weighted by molar-refractivity contribution is 5.75. The molecule has 0 aliphatic heterocycles. The van der Waals surface area contributed by atoms with Gasteiger partial charge >= 0.3 is 5.97 Å². The number of nitrogens with one attached hydrogen (secondary N) is 1. The molecule has 1 fully saturated rings. The zero-order valence-corrected chi connectivity index (χ0v) is 18.7. The van der Waals surface area contributed by atoms with Crippen LogP contribution >= 0.6 is 0 Å². The number of nitrogens with zero attached hydrogens (tertiary/aromatic N) is 5. The van der Waals surface area contributed by atoms with Crippen LogP contribution in [-0.2, 0) is 11.8 Å². The predicted molar refractivity (Wildman–Crippen MR) is 121 cm³/mol. The van der Waals surface area contributed by atoms with Crippen molar-refractivity contribution in [2.24, 2.45) is 12.5 Å². The van der Waals surface area contributed by atoms with Gasteiger partial charge in [0.25, 0.3) is 0 Å². The first-order valence-corrected chi connectivity index (χ1v) is 10.6. The molecule has 0 unspecified atom stereocenters. The van der Waals surface area contributed by atoms with E-state index in [9.17, 15) is 4.79 Å². The topological polar surface area (TPSA) is 106 Å². The highest BCUT2D eigenvalue weighted by Crippen LogP contribution is 2.48. The van der Waals surface area contributed by atoms with Crippen LogP contribution in [0.2, 0.25) is 0 Å². The lowest BCUT2D eigenvalue weighted by Gasteiger charge is -2.11. The predicted octanol–water partition coefficient (Wildman–Crippen LogP) is 4.05. The minimum Gasteiger partial charge on any atom is -0.481 e. The van der Waals surface area contributed by atoms with Crippen LogP contribution in [-0.4, -0.2) is 35.8 Å². The largest absolute Gasteiger partial charge is 0.481 e. The molecule has 3 heterocycles. The molecule has 32 heavy (non-hydrogen) atoms. The number of hydrogen-bond donors (Lipinski definition) is 2. The molecule has 4 rings (SSSR count). The Bertz CT molecular complexity index is 1230. The van der Waals surface area contributed by atoms with Crippen molar-refractivity contribution >= 4 is 17.6 Å². The summed E-state index contributed by atoms with van der Waals surface area (Å²) in [7, 11) is 1.86. The third-order valence-electron chi connectivity index (χ3n) is 5.60. The molecule has 0 spiro atoms. The molecular weight excluding hydrogens is 404 g/mol. The Labute approximate surface area is 187 Å². The van der Waals surface area contributed by atoms with Crippen molar-refractivity contribution in [2.45, 2.75) is 46.0 Å². The van der Waals surface area contributed by atoms with Crippen LogP contribution in [0.15, 0.2) is 30.7 Å². The SMILES string of the molecule is Cc1nc(-c2cnn(C)c2Nc2cncc(C(C)C)n2)ccc1C#CC1(CC(=O)O)CC1. The summed E-state index contributed by atoms with van der Waals surface area (Å²) in [6.07, 6.45) is 6.99. The van der Waals surface area contributed by atoms with Crippen LogP contribution < -0.4 is 5.32 Å². The van der Waals surface area contributed by atoms with Crippen LogP contribution in [0.5, 0.6) is 0 Å². The van der Waals surface area contributed by atoms with Gasteiger partial charge in [0.05, 0.1) is 41.5 Å². The minimum absolute atomic E-state index is 0.0934. The number of carboxylic acid groups (broad SMARTS) is 1. The van der Waals surface area contributed by atoms with E-state index >= 15 is 0 Å². The lowest BCUT2D eigenvalue weighted by atomic mass is 10.0. The maximum absolute atomic E-state index is 11.0. The fourth-order valence-corrected chi connectivity index (χ4v) is 3.44. The van der Waals surface area contributed by atoms with Crippen molar-refractivity contribution in [2.75, 3.05) is 5.32 Å². The second-order valence-corrected chi connectivity index (χ2v) is 8.57. The van der Waals surface area contributed by atoms with Crippen LogP contribution in [0.4, 0.5) is 11.6 Å². The summed E-state index contributed by atoms with van der Waals surface area (Å²) in [5.74, 6) is 7.20. The Morgan fingerprint density at radius 3 is 2.69 bits per heavy atom. The van der Waals surface area contributed by atoms with E-state index in [4.69, 9.17) is 10.1 Å². The van der Waals surface area contributed by atoms with E-state index < -0.39 is 5.97 Å². The molecule has 0 atom stereocenters. The second-order valence-electron chi connectivity index (χ2n) is 8.57. The van der Waals surface area contributed by atoms with Crippen LogP contribution in [0, 0.1) is 24.2 Å². The summed E-state index contributed by atoms with van der Waals surface area (Å²) in [5.41, 5.74) is 3.74. The van der Waals surface area contributed by atoms with E-state index in [-0.39, 0.29) is 17.8 Å². The van der Waals surface area contributed by atoms with Gasteiger partial charge in [-0.2, -0.15) is 5.10 Å². The first-order chi connectivity index (χ1) is 15.3. The summed E-state index contributed by atoms with van der Waals surface area (Å²) < 4.78 is 1.74. The average molecular weight is 431 g/mol. The summed E-state index contributed by atoms with van der Waals surface area (Å²) in [5, 5.41) is 16.8. The highest BCUT2D eigenvalue weighted by Gasteiger charge is 2.43. The van der Waals surface area contributed by atoms with Gasteiger partial charge in [-0.15, -0.1) is 0 Å². The normalized spacial score (nSPS) is 14.0. The van der Waals surface area contributed by atoms with Gasteiger partial charge in [0, 0.05) is 24.2 Å². The molecule has 8 heteroatoms. The molecule has 0 saturated heterocycles. The number of aliphatic carboxylic acids is 1. The molecule has 3 aromatic rings. The Hall–Kier alpha value is -3.73. The Balaban J connectivity index is 1.60. The van der Waals surface area contributed by atoms with E-state index in [2.05, 4.69) is 46.1 Å². The quantitative estimate of drug-likeness (QED) is 0.568. The molecule has 1 saturated carbocycles. The lowest BCUT2D eigenvalue weighted by Crippen LogP contribution is -2.06. The number of rotatable bonds is 6. The molecule has 0 aromatic carbocycles. The number of anilines is 2. The number of hydrogen-bond acceptors (Lipinski definition) is 6. The Morgan fingerprint density at radius 2 is 2.03 bits per heavy atom. The Kier molecular flexibility index (Phi) is 5.66. The molecule has 164 valence electrons. The van der Waals surface area contributed by atoms with E-state index in [1.807, 2.05) is 26.1 Å². The van der Waals surface area contributed by atoms with E-state index in [0.717, 1.165) is 46.9 Å². The van der Waals surface area contributed by atoms with Crippen molar-refractivity contribution < 1.29 is 9.90 Å². The van der Waals surface area contributed by atoms with Crippen molar-refractivity contribution in [1.29, 1.82) is 0 Å². The summed E-state index contributed by atoms with van der Waals surface area (Å²) in [6, 6.07) is 3.84. The number of carboxylic acids is 1. The molecule has 1 aliphatic carbocycles. The number of aromatic nitrogens is 5. The monoisotopic (exact) mass is 430 g/mol. The van der Waals surface area contributed by atoms with Crippen LogP contribution in [0.25, 0.3) is 11.3 Å². The van der Waals surface area contributed by atoms with Gasteiger partial charge < -0.3 is 10.4 Å². The molecule has 3 aromatic heterocycles. The van der Waals surface area contributed by atoms with Gasteiger partial charge in [-0.25, -0.2) is 4.98 Å². The van der Waals surface area contributed by atoms with E-state index in [0.29, 0.717) is 5.82 Å². The highest BCUT2D eigenvalue weighted by atomic mass is 16.4. The molecule has 8 nitrogen and oxygen atoms in total. The molecule has 1 aliphatic rings. The third-order valence-corrected chi connectivity index (χ3v) is 5.60. The molecule has 2 N–H and O–H groups in total. The van der Waals surface area contributed by atoms with Crippen LogP contribution in [0.1, 0.15) is 56.0 Å². The zero-order valence-electron chi connectivity index (χ0n) is 18.7. The van der Waals surface area contributed by atoms with Gasteiger partial charge in [-0.1, -0.05) is 25.7 Å². The molecule has 0 bridgehead atoms. The summed E-state index contributed by atoms with van der Waals surface area (Å²) in [4.78, 5) is 24.7. The van der Waals surface area contributed by atoms with Crippen molar-refractivity contribution in [1.82, 2.24) is 24.7 Å². The summed E-state index contributed by atoms with van der Waals surface area (Å²) in [6.45, 7) is 6.06. The number of pyridine rings is 1. The van der Waals surface area contributed by atoms with E-state index in [1.54, 1.807) is 23.3 Å². The third kappa shape index (κ3) is 4.62. The standard InChI is InChI=1S/C24H26N6O2/c1-15(2)20-13-25-14-21(28-20)29-23-18(12-26-30(23)4)19-6-5-17(16(3)27-19)7-8-24(9-10-24)11-22(31)32/h5-6,12-15H,9-11H2,1-4H3,(H,28,29)(H,31,32). The fourth-order valence-electron chi connectivity index (χ4n) is 3.44. The molecule has 0 amide bonds. The van der Waals surface area contributed by atoms with Crippen LogP contribution in [0.3, 0.4) is 0 Å². The lowest BCUT2D eigenvalue weighted by molar-refractivity contribution is -0.137. The zero-order chi connectivity index (χ0) is 22.9. The Morgan fingerprint density at radius 1 is 1.25 bits per heavy atom. The van der Waals surface area contributed by atoms with Crippen molar-refractivity contribution in [3.8, 4) is 23.1 Å². The summed E-state index contributed by atoms with van der Waals surface area (Å²) >= 11 is 0. The average Bonchev–Trinajstić information content (AvgIpc) is 3.41. The maximum atomic E-state index is 11.0.